The molecule has 11 heteroatoms. The third kappa shape index (κ3) is 5.38. The van der Waals surface area contributed by atoms with Gasteiger partial charge >= 0.3 is 5.97 Å². The van der Waals surface area contributed by atoms with Gasteiger partial charge in [0.05, 0.1) is 28.1 Å². The minimum atomic E-state index is -0.539. The van der Waals surface area contributed by atoms with Crippen molar-refractivity contribution in [3.63, 3.8) is 0 Å². The SMILES string of the molecule is CCOc1cc(/C=C2\SC(=O)N(Cc3cc4c(cc3Cl)OCO4)C2=O)cc(Br)c1OC(=O)c1ccccc1. The Balaban J connectivity index is 1.38. The van der Waals surface area contributed by atoms with Crippen LogP contribution in [-0.4, -0.2) is 35.4 Å². The number of benzene rings is 3. The van der Waals surface area contributed by atoms with Gasteiger partial charge in [0.15, 0.2) is 23.0 Å². The number of rotatable bonds is 7. The van der Waals surface area contributed by atoms with E-state index in [0.29, 0.717) is 50.0 Å². The molecule has 0 bridgehead atoms. The summed E-state index contributed by atoms with van der Waals surface area (Å²) in [6.45, 7) is 2.19. The highest BCUT2D eigenvalue weighted by atomic mass is 79.9. The smallest absolute Gasteiger partial charge is 0.343 e. The number of halogens is 2. The van der Waals surface area contributed by atoms with Gasteiger partial charge in [0.25, 0.3) is 11.1 Å². The Labute approximate surface area is 235 Å². The Morgan fingerprint density at radius 1 is 1.13 bits per heavy atom. The van der Waals surface area contributed by atoms with Crippen molar-refractivity contribution in [2.75, 3.05) is 13.4 Å². The zero-order chi connectivity index (χ0) is 26.8. The largest absolute Gasteiger partial charge is 0.490 e. The summed E-state index contributed by atoms with van der Waals surface area (Å²) in [5, 5.41) is -0.0595. The Kier molecular flexibility index (Phi) is 7.64. The molecule has 0 spiro atoms. The van der Waals surface area contributed by atoms with E-state index in [-0.39, 0.29) is 24.0 Å². The van der Waals surface area contributed by atoms with Crippen molar-refractivity contribution in [3.8, 4) is 23.0 Å². The fourth-order valence-electron chi connectivity index (χ4n) is 3.80. The number of ether oxygens (including phenoxy) is 4. The van der Waals surface area contributed by atoms with Gasteiger partial charge < -0.3 is 18.9 Å². The van der Waals surface area contributed by atoms with Gasteiger partial charge in [-0.15, -0.1) is 0 Å². The number of thioether (sulfide) groups is 1. The first-order valence-corrected chi connectivity index (χ1v) is 13.4. The molecule has 1 fully saturated rings. The van der Waals surface area contributed by atoms with E-state index in [1.54, 1.807) is 67.6 Å². The predicted octanol–water partition coefficient (Wildman–Crippen LogP) is 6.69. The topological polar surface area (TPSA) is 91.4 Å². The van der Waals surface area contributed by atoms with E-state index >= 15 is 0 Å². The lowest BCUT2D eigenvalue weighted by molar-refractivity contribution is -0.123. The molecule has 0 aromatic heterocycles. The van der Waals surface area contributed by atoms with E-state index < -0.39 is 17.1 Å². The molecule has 2 aliphatic rings. The highest BCUT2D eigenvalue weighted by Crippen LogP contribution is 2.41. The fourth-order valence-corrected chi connectivity index (χ4v) is 5.39. The van der Waals surface area contributed by atoms with Crippen LogP contribution in [0.4, 0.5) is 4.79 Å². The molecule has 38 heavy (non-hydrogen) atoms. The summed E-state index contributed by atoms with van der Waals surface area (Å²) in [5.41, 5.74) is 1.53. The number of carbonyl (C=O) groups excluding carboxylic acids is 3. The molecule has 1 saturated heterocycles. The first-order chi connectivity index (χ1) is 18.3. The Hall–Kier alpha value is -3.47. The number of fused-ring (bicyclic) bond motifs is 1. The Morgan fingerprint density at radius 2 is 1.87 bits per heavy atom. The van der Waals surface area contributed by atoms with Crippen LogP contribution in [0.15, 0.2) is 64.0 Å². The van der Waals surface area contributed by atoms with E-state index in [1.807, 2.05) is 0 Å². The molecule has 0 aliphatic carbocycles. The van der Waals surface area contributed by atoms with Gasteiger partial charge in [-0.05, 0) is 82.2 Å². The van der Waals surface area contributed by atoms with E-state index in [1.165, 1.54) is 0 Å². The molecule has 0 saturated carbocycles. The second kappa shape index (κ2) is 11.1. The van der Waals surface area contributed by atoms with Gasteiger partial charge in [-0.1, -0.05) is 29.8 Å². The van der Waals surface area contributed by atoms with Gasteiger partial charge in [0.2, 0.25) is 6.79 Å². The van der Waals surface area contributed by atoms with Crippen LogP contribution in [-0.2, 0) is 11.3 Å². The molecule has 2 heterocycles. The summed E-state index contributed by atoms with van der Waals surface area (Å²) in [6, 6.07) is 15.2. The normalized spacial score (nSPS) is 15.3. The highest BCUT2D eigenvalue weighted by molar-refractivity contribution is 9.10. The standard InChI is InChI=1S/C27H19BrClNO7S/c1-2-34-22-9-15(8-18(28)24(22)37-26(32)16-6-4-3-5-7-16)10-23-25(31)30(27(33)38-23)13-17-11-20-21(12-19(17)29)36-14-35-20/h3-12H,2,13-14H2,1H3/b23-10-. The second-order valence-corrected chi connectivity index (χ2v) is 10.3. The highest BCUT2D eigenvalue weighted by Gasteiger charge is 2.36. The molecular weight excluding hydrogens is 598 g/mol. The Morgan fingerprint density at radius 3 is 2.61 bits per heavy atom. The van der Waals surface area contributed by atoms with Crippen LogP contribution in [0.2, 0.25) is 5.02 Å². The van der Waals surface area contributed by atoms with Crippen molar-refractivity contribution >= 4 is 62.5 Å². The molecule has 0 N–H and O–H groups in total. The summed E-state index contributed by atoms with van der Waals surface area (Å²) in [6.07, 6.45) is 1.59. The maximum absolute atomic E-state index is 13.1. The molecule has 194 valence electrons. The monoisotopic (exact) mass is 615 g/mol. The van der Waals surface area contributed by atoms with E-state index in [9.17, 15) is 14.4 Å². The molecular formula is C27H19BrClNO7S. The number of hydrogen-bond donors (Lipinski definition) is 0. The lowest BCUT2D eigenvalue weighted by atomic mass is 10.1. The zero-order valence-electron chi connectivity index (χ0n) is 19.9. The fraction of sp³-hybridized carbons (Fsp3) is 0.148. The van der Waals surface area contributed by atoms with Gasteiger partial charge in [-0.2, -0.15) is 0 Å². The first kappa shape index (κ1) is 26.1. The molecule has 3 aromatic carbocycles. The zero-order valence-corrected chi connectivity index (χ0v) is 23.0. The first-order valence-electron chi connectivity index (χ1n) is 11.4. The molecule has 5 rings (SSSR count). The second-order valence-electron chi connectivity index (χ2n) is 8.08. The number of amides is 2. The van der Waals surface area contributed by atoms with Gasteiger partial charge in [0.1, 0.15) is 0 Å². The summed E-state index contributed by atoms with van der Waals surface area (Å²) < 4.78 is 22.5. The van der Waals surface area contributed by atoms with Crippen LogP contribution in [0.25, 0.3) is 6.08 Å². The minimum Gasteiger partial charge on any atom is -0.490 e. The van der Waals surface area contributed by atoms with Gasteiger partial charge in [-0.3, -0.25) is 14.5 Å². The molecule has 0 unspecified atom stereocenters. The van der Waals surface area contributed by atoms with Crippen molar-refractivity contribution in [1.82, 2.24) is 4.90 Å². The quantitative estimate of drug-likeness (QED) is 0.165. The van der Waals surface area contributed by atoms with Crippen LogP contribution >= 0.6 is 39.3 Å². The summed E-state index contributed by atoms with van der Waals surface area (Å²) >= 11 is 10.6. The molecule has 0 atom stereocenters. The lowest BCUT2D eigenvalue weighted by Crippen LogP contribution is -2.27. The molecule has 2 aliphatic heterocycles. The van der Waals surface area contributed by atoms with Crippen molar-refractivity contribution in [1.29, 1.82) is 0 Å². The Bertz CT molecular complexity index is 1480. The van der Waals surface area contributed by atoms with Gasteiger partial charge in [-0.25, -0.2) is 4.79 Å². The molecule has 2 amide bonds. The van der Waals surface area contributed by atoms with Crippen LogP contribution in [0.5, 0.6) is 23.0 Å². The third-order valence-corrected chi connectivity index (χ3v) is 7.43. The molecule has 8 nitrogen and oxygen atoms in total. The van der Waals surface area contributed by atoms with E-state index in [4.69, 9.17) is 30.5 Å². The average molecular weight is 617 g/mol. The van der Waals surface area contributed by atoms with Crippen LogP contribution < -0.4 is 18.9 Å². The average Bonchev–Trinajstić information content (AvgIpc) is 3.45. The maximum atomic E-state index is 13.1. The van der Waals surface area contributed by atoms with E-state index in [0.717, 1.165) is 16.7 Å². The van der Waals surface area contributed by atoms with Crippen LogP contribution in [0.3, 0.4) is 0 Å². The number of hydrogen-bond acceptors (Lipinski definition) is 8. The van der Waals surface area contributed by atoms with Crippen molar-refractivity contribution in [2.45, 2.75) is 13.5 Å². The number of esters is 1. The summed E-state index contributed by atoms with van der Waals surface area (Å²) in [5.74, 6) is 0.549. The van der Waals surface area contributed by atoms with Crippen LogP contribution in [0, 0.1) is 0 Å². The third-order valence-electron chi connectivity index (χ3n) is 5.58. The van der Waals surface area contributed by atoms with Gasteiger partial charge in [0, 0.05) is 11.1 Å². The minimum absolute atomic E-state index is 0.0141. The number of carbonyl (C=O) groups is 3. The van der Waals surface area contributed by atoms with Crippen molar-refractivity contribution in [2.24, 2.45) is 0 Å². The van der Waals surface area contributed by atoms with E-state index in [2.05, 4.69) is 15.9 Å². The predicted molar refractivity (Wildman–Crippen MR) is 146 cm³/mol. The number of imide groups is 1. The summed E-state index contributed by atoms with van der Waals surface area (Å²) in [7, 11) is 0. The molecule has 0 radical (unpaired) electrons. The maximum Gasteiger partial charge on any atom is 0.343 e. The number of nitrogens with zero attached hydrogens (tertiary/aromatic N) is 1. The lowest BCUT2D eigenvalue weighted by Gasteiger charge is -2.14. The molecule has 3 aromatic rings. The van der Waals surface area contributed by atoms with Crippen LogP contribution in [0.1, 0.15) is 28.4 Å². The van der Waals surface area contributed by atoms with Crippen molar-refractivity contribution < 1.29 is 33.3 Å². The van der Waals surface area contributed by atoms with Crippen molar-refractivity contribution in [3.05, 3.63) is 85.7 Å². The summed E-state index contributed by atoms with van der Waals surface area (Å²) in [4.78, 5) is 39.8.